The van der Waals surface area contributed by atoms with Gasteiger partial charge in [-0.25, -0.2) is 15.0 Å². The van der Waals surface area contributed by atoms with Crippen molar-refractivity contribution in [1.82, 2.24) is 29.7 Å². The van der Waals surface area contributed by atoms with Crippen LogP contribution in [0.3, 0.4) is 0 Å². The fourth-order valence-corrected chi connectivity index (χ4v) is 3.16. The molecule has 2 fully saturated rings. The summed E-state index contributed by atoms with van der Waals surface area (Å²) in [6.45, 7) is 0.358. The molecule has 2 aromatic heterocycles. The Morgan fingerprint density at radius 2 is 2.12 bits per heavy atom. The molecular formula is C15H17N7O3. The predicted molar refractivity (Wildman–Crippen MR) is 85.8 cm³/mol. The van der Waals surface area contributed by atoms with E-state index >= 15 is 0 Å². The molecule has 4 rings (SSSR count). The van der Waals surface area contributed by atoms with Gasteiger partial charge in [0.2, 0.25) is 17.7 Å². The highest BCUT2D eigenvalue weighted by atomic mass is 16.2. The molecule has 0 aromatic carbocycles. The van der Waals surface area contributed by atoms with Gasteiger partial charge in [0.05, 0.1) is 12.7 Å². The van der Waals surface area contributed by atoms with Crippen LogP contribution in [0.2, 0.25) is 0 Å². The quantitative estimate of drug-likeness (QED) is 0.679. The lowest BCUT2D eigenvalue weighted by molar-refractivity contribution is -0.139. The molecule has 2 aromatic rings. The molecule has 1 aliphatic heterocycles. The van der Waals surface area contributed by atoms with Crippen LogP contribution in [0.5, 0.6) is 0 Å². The number of amides is 3. The highest BCUT2D eigenvalue weighted by Gasteiger charge is 2.44. The summed E-state index contributed by atoms with van der Waals surface area (Å²) in [7, 11) is 0. The van der Waals surface area contributed by atoms with E-state index < -0.39 is 6.04 Å². The number of carbonyl (C=O) groups excluding carboxylic acids is 3. The molecule has 3 N–H and O–H groups in total. The fourth-order valence-electron chi connectivity index (χ4n) is 3.16. The summed E-state index contributed by atoms with van der Waals surface area (Å²) in [6.07, 6.45) is 4.87. The first-order valence-corrected chi connectivity index (χ1v) is 8.11. The first-order valence-electron chi connectivity index (χ1n) is 8.11. The number of imide groups is 1. The number of rotatable bonds is 5. The molecule has 10 nitrogen and oxygen atoms in total. The summed E-state index contributed by atoms with van der Waals surface area (Å²) in [6, 6.07) is -0.642. The van der Waals surface area contributed by atoms with Crippen molar-refractivity contribution in [3.63, 3.8) is 0 Å². The van der Waals surface area contributed by atoms with E-state index in [0.717, 1.165) is 12.8 Å². The largest absolute Gasteiger partial charge is 0.382 e. The van der Waals surface area contributed by atoms with Crippen LogP contribution in [-0.2, 0) is 20.9 Å². The number of fused-ring (bicyclic) bond motifs is 1. The van der Waals surface area contributed by atoms with Crippen LogP contribution in [0, 0.1) is 0 Å². The highest BCUT2D eigenvalue weighted by Crippen LogP contribution is 2.31. The first kappa shape index (κ1) is 15.5. The number of nitrogens with two attached hydrogens (primary N) is 1. The van der Waals surface area contributed by atoms with Gasteiger partial charge in [-0.1, -0.05) is 0 Å². The van der Waals surface area contributed by atoms with E-state index in [1.165, 1.54) is 6.33 Å². The number of imidazole rings is 1. The van der Waals surface area contributed by atoms with Crippen molar-refractivity contribution in [3.05, 3.63) is 12.7 Å². The number of aromatic nitrogens is 4. The minimum Gasteiger partial charge on any atom is -0.382 e. The van der Waals surface area contributed by atoms with E-state index in [0.29, 0.717) is 17.7 Å². The van der Waals surface area contributed by atoms with Crippen LogP contribution < -0.4 is 11.1 Å². The molecule has 3 heterocycles. The Balaban J connectivity index is 1.49. The number of nitrogens with zero attached hydrogens (tertiary/aromatic N) is 5. The van der Waals surface area contributed by atoms with E-state index in [-0.39, 0.29) is 42.4 Å². The maximum atomic E-state index is 12.7. The molecule has 2 aliphatic rings. The van der Waals surface area contributed by atoms with E-state index in [1.807, 2.05) is 0 Å². The second-order valence-corrected chi connectivity index (χ2v) is 6.28. The van der Waals surface area contributed by atoms with E-state index in [1.54, 1.807) is 15.8 Å². The molecule has 1 saturated heterocycles. The fraction of sp³-hybridized carbons (Fsp3) is 0.467. The Bertz CT molecular complexity index is 873. The third-order valence-electron chi connectivity index (χ3n) is 4.50. The second kappa shape index (κ2) is 5.80. The third-order valence-corrected chi connectivity index (χ3v) is 4.50. The molecule has 3 amide bonds. The number of carbonyl (C=O) groups is 3. The normalized spacial score (nSPS) is 20.1. The van der Waals surface area contributed by atoms with Crippen LogP contribution in [0.25, 0.3) is 11.2 Å². The molecule has 1 saturated carbocycles. The number of nitrogens with one attached hydrogen (secondary N) is 1. The maximum Gasteiger partial charge on any atom is 0.249 e. The van der Waals surface area contributed by atoms with Crippen LogP contribution in [0.1, 0.15) is 25.7 Å². The highest BCUT2D eigenvalue weighted by molar-refractivity contribution is 6.06. The molecule has 0 spiro atoms. The van der Waals surface area contributed by atoms with E-state index in [4.69, 9.17) is 5.73 Å². The van der Waals surface area contributed by atoms with Gasteiger partial charge in [-0.2, -0.15) is 0 Å². The van der Waals surface area contributed by atoms with Crippen molar-refractivity contribution in [2.24, 2.45) is 0 Å². The van der Waals surface area contributed by atoms with Crippen molar-refractivity contribution < 1.29 is 14.4 Å². The summed E-state index contributed by atoms with van der Waals surface area (Å²) < 4.78 is 1.73. The number of hydrogen-bond acceptors (Lipinski definition) is 7. The van der Waals surface area contributed by atoms with Gasteiger partial charge in [-0.3, -0.25) is 19.7 Å². The van der Waals surface area contributed by atoms with Gasteiger partial charge >= 0.3 is 0 Å². The maximum absolute atomic E-state index is 12.7. The molecule has 0 bridgehead atoms. The summed E-state index contributed by atoms with van der Waals surface area (Å²) in [4.78, 5) is 49.9. The van der Waals surface area contributed by atoms with E-state index in [9.17, 15) is 14.4 Å². The van der Waals surface area contributed by atoms with Gasteiger partial charge in [0.25, 0.3) is 0 Å². The smallest absolute Gasteiger partial charge is 0.249 e. The molecule has 25 heavy (non-hydrogen) atoms. The van der Waals surface area contributed by atoms with Crippen LogP contribution in [0.15, 0.2) is 12.7 Å². The Morgan fingerprint density at radius 1 is 1.32 bits per heavy atom. The zero-order valence-corrected chi connectivity index (χ0v) is 13.4. The lowest BCUT2D eigenvalue weighted by Crippen LogP contribution is -2.46. The Labute approximate surface area is 142 Å². The summed E-state index contributed by atoms with van der Waals surface area (Å²) >= 11 is 0. The molecule has 10 heteroatoms. The van der Waals surface area contributed by atoms with Crippen LogP contribution in [-0.4, -0.2) is 54.2 Å². The standard InChI is InChI=1S/C15H17N7O3/c16-13-12-14(18-6-17-13)21(7-19-12)4-3-11(24)22(8-1-2-8)9-5-10(23)20-15(9)25/h6-9H,1-5H2,(H2,16,17,18)(H,20,23,25). The van der Waals surface area contributed by atoms with Crippen molar-refractivity contribution in [1.29, 1.82) is 0 Å². The SMILES string of the molecule is Nc1ncnc2c1ncn2CCC(=O)N(C1CC1)C1CC(=O)NC1=O. The molecule has 0 radical (unpaired) electrons. The van der Waals surface area contributed by atoms with Gasteiger partial charge in [0.1, 0.15) is 17.9 Å². The Kier molecular flexibility index (Phi) is 3.59. The number of aryl methyl sites for hydroxylation is 1. The number of hydrogen-bond donors (Lipinski definition) is 2. The summed E-state index contributed by atoms with van der Waals surface area (Å²) in [5, 5.41) is 2.27. The van der Waals surface area contributed by atoms with Gasteiger partial charge < -0.3 is 15.2 Å². The average molecular weight is 343 g/mol. The predicted octanol–water partition coefficient (Wildman–Crippen LogP) is -0.795. The molecular weight excluding hydrogens is 326 g/mol. The van der Waals surface area contributed by atoms with Gasteiger partial charge in [-0.15, -0.1) is 0 Å². The summed E-state index contributed by atoms with van der Waals surface area (Å²) in [5.41, 5.74) is 6.81. The summed E-state index contributed by atoms with van der Waals surface area (Å²) in [5.74, 6) is -0.586. The minimum atomic E-state index is -0.690. The van der Waals surface area contributed by atoms with Crippen molar-refractivity contribution in [2.45, 2.75) is 44.3 Å². The third kappa shape index (κ3) is 2.79. The Morgan fingerprint density at radius 3 is 2.80 bits per heavy atom. The molecule has 1 aliphatic carbocycles. The second-order valence-electron chi connectivity index (χ2n) is 6.28. The van der Waals surface area contributed by atoms with Crippen molar-refractivity contribution in [2.75, 3.05) is 5.73 Å². The Hall–Kier alpha value is -3.04. The van der Waals surface area contributed by atoms with Gasteiger partial charge in [0.15, 0.2) is 11.5 Å². The van der Waals surface area contributed by atoms with Crippen molar-refractivity contribution in [3.8, 4) is 0 Å². The molecule has 130 valence electrons. The van der Waals surface area contributed by atoms with E-state index in [2.05, 4.69) is 20.3 Å². The lowest BCUT2D eigenvalue weighted by Gasteiger charge is -2.26. The average Bonchev–Trinajstić information content (AvgIpc) is 3.22. The first-order chi connectivity index (χ1) is 12.0. The lowest BCUT2D eigenvalue weighted by atomic mass is 10.2. The molecule has 1 unspecified atom stereocenters. The number of anilines is 1. The van der Waals surface area contributed by atoms with Crippen LogP contribution >= 0.6 is 0 Å². The van der Waals surface area contributed by atoms with Crippen LogP contribution in [0.4, 0.5) is 5.82 Å². The zero-order chi connectivity index (χ0) is 17.6. The number of nitrogen functional groups attached to an aromatic ring is 1. The minimum absolute atomic E-state index is 0.0405. The monoisotopic (exact) mass is 343 g/mol. The van der Waals surface area contributed by atoms with Gasteiger partial charge in [-0.05, 0) is 12.8 Å². The molecule has 1 atom stereocenters. The van der Waals surface area contributed by atoms with Crippen molar-refractivity contribution >= 4 is 34.7 Å². The topological polar surface area (TPSA) is 136 Å². The van der Waals surface area contributed by atoms with Gasteiger partial charge in [0, 0.05) is 19.0 Å². The zero-order valence-electron chi connectivity index (χ0n) is 13.4.